The first-order chi connectivity index (χ1) is 23.1. The third-order valence-electron chi connectivity index (χ3n) is 14.6. The number of aliphatic hydroxyl groups is 2. The molecule has 2 amide bonds. The van der Waals surface area contributed by atoms with Crippen LogP contribution in [0.5, 0.6) is 0 Å². The second-order valence-corrected chi connectivity index (χ2v) is 16.5. The van der Waals surface area contributed by atoms with Gasteiger partial charge >= 0.3 is 0 Å². The maximum absolute atomic E-state index is 13.9. The van der Waals surface area contributed by atoms with Crippen molar-refractivity contribution in [1.82, 2.24) is 24.7 Å². The molecule has 1 aromatic heterocycles. The lowest BCUT2D eigenvalue weighted by Crippen LogP contribution is -2.63. The van der Waals surface area contributed by atoms with E-state index in [0.717, 1.165) is 68.9 Å². The van der Waals surface area contributed by atoms with Gasteiger partial charge in [0.25, 0.3) is 5.91 Å². The van der Waals surface area contributed by atoms with E-state index in [1.54, 1.807) is 11.1 Å². The first-order valence-corrected chi connectivity index (χ1v) is 18.5. The van der Waals surface area contributed by atoms with Crippen molar-refractivity contribution in [2.75, 3.05) is 32.7 Å². The SMILES string of the molecule is C#C[C@]1(O)CC[C@H]2[C@@H]3CCC4C[C@H](O)[C@@H](N5CCN(C(=O)[C@@H]6CCCN6C(=O)c6ncc7ccccc7n6)CC5)C[C@]4(C)[C@H]3CC[C@@]21C. The molecule has 10 atom stereocenters. The van der Waals surface area contributed by atoms with Gasteiger partial charge in [-0.1, -0.05) is 38.0 Å². The minimum atomic E-state index is -0.990. The van der Waals surface area contributed by atoms with Crippen LogP contribution in [0.1, 0.15) is 88.7 Å². The van der Waals surface area contributed by atoms with E-state index in [-0.39, 0.29) is 40.6 Å². The van der Waals surface area contributed by atoms with Gasteiger partial charge in [-0.15, -0.1) is 6.42 Å². The summed E-state index contributed by atoms with van der Waals surface area (Å²) in [6.07, 6.45) is 16.6. The number of para-hydroxylation sites is 1. The number of piperazine rings is 1. The quantitative estimate of drug-likeness (QED) is 0.480. The Labute approximate surface area is 284 Å². The number of aliphatic hydroxyl groups excluding tert-OH is 1. The molecule has 2 aliphatic heterocycles. The Hall–Kier alpha value is -3.06. The van der Waals surface area contributed by atoms with E-state index in [1.807, 2.05) is 29.2 Å². The standard InChI is InChI=1S/C39H51N5O4/c1-4-39(48)16-14-29-27-12-11-26-22-33(45)32(23-37(26,2)28(27)13-15-38(29,39)3)42-18-20-43(21-19-42)35(46)31-10-7-17-44(31)36(47)34-40-24-25-8-5-6-9-30(25)41-34/h1,5-6,8-9,24,26-29,31-33,45,48H,7,10-23H2,2-3H3/t26?,27-,28+,29+,31+,32+,33+,37+,38+,39+/m1/s1. The highest BCUT2D eigenvalue weighted by atomic mass is 16.3. The van der Waals surface area contributed by atoms with Crippen LogP contribution in [0.25, 0.3) is 10.9 Å². The molecule has 2 saturated heterocycles. The van der Waals surface area contributed by atoms with E-state index in [1.165, 1.54) is 6.42 Å². The minimum absolute atomic E-state index is 0.0152. The Morgan fingerprint density at radius 2 is 1.75 bits per heavy atom. The predicted octanol–water partition coefficient (Wildman–Crippen LogP) is 4.13. The number of nitrogens with zero attached hydrogens (tertiary/aromatic N) is 5. The highest BCUT2D eigenvalue weighted by molar-refractivity contribution is 5.96. The van der Waals surface area contributed by atoms with Gasteiger partial charge in [0.2, 0.25) is 11.7 Å². The Kier molecular flexibility index (Phi) is 7.89. The summed E-state index contributed by atoms with van der Waals surface area (Å²) in [4.78, 5) is 42.3. The first kappa shape index (κ1) is 32.2. The number of aromatic nitrogens is 2. The van der Waals surface area contributed by atoms with Gasteiger partial charge in [0.05, 0.1) is 11.6 Å². The van der Waals surface area contributed by atoms with Gasteiger partial charge in [0.1, 0.15) is 11.6 Å². The topological polar surface area (TPSA) is 110 Å². The number of hydrogen-bond donors (Lipinski definition) is 2. The van der Waals surface area contributed by atoms with Crippen molar-refractivity contribution in [3.05, 3.63) is 36.3 Å². The predicted molar refractivity (Wildman–Crippen MR) is 182 cm³/mol. The lowest BCUT2D eigenvalue weighted by molar-refractivity contribution is -0.163. The molecule has 0 radical (unpaired) electrons. The Morgan fingerprint density at radius 3 is 2.54 bits per heavy atom. The molecule has 256 valence electrons. The zero-order chi connectivity index (χ0) is 33.4. The van der Waals surface area contributed by atoms with Crippen molar-refractivity contribution in [3.8, 4) is 12.3 Å². The van der Waals surface area contributed by atoms with E-state index >= 15 is 0 Å². The summed E-state index contributed by atoms with van der Waals surface area (Å²) in [5.74, 6) is 4.83. The first-order valence-electron chi connectivity index (χ1n) is 18.5. The van der Waals surface area contributed by atoms with Crippen molar-refractivity contribution in [2.45, 2.75) is 102 Å². The number of carbonyl (C=O) groups is 2. The van der Waals surface area contributed by atoms with Crippen LogP contribution in [0, 0.1) is 46.8 Å². The lowest BCUT2D eigenvalue weighted by atomic mass is 9.44. The number of amides is 2. The fourth-order valence-corrected chi connectivity index (χ4v) is 11.9. The van der Waals surface area contributed by atoms with Gasteiger partial charge in [-0.05, 0) is 99.4 Å². The molecule has 2 aromatic rings. The molecular formula is C39H51N5O4. The Morgan fingerprint density at radius 1 is 0.979 bits per heavy atom. The number of rotatable bonds is 3. The monoisotopic (exact) mass is 653 g/mol. The van der Waals surface area contributed by atoms with E-state index < -0.39 is 11.6 Å². The summed E-state index contributed by atoms with van der Waals surface area (Å²) in [7, 11) is 0. The fraction of sp³-hybridized carbons (Fsp3) is 0.692. The zero-order valence-electron chi connectivity index (χ0n) is 28.6. The summed E-state index contributed by atoms with van der Waals surface area (Å²) >= 11 is 0. The van der Waals surface area contributed by atoms with Crippen LogP contribution in [0.3, 0.4) is 0 Å². The molecule has 6 fully saturated rings. The largest absolute Gasteiger partial charge is 0.391 e. The van der Waals surface area contributed by atoms with Crippen LogP contribution in [0.4, 0.5) is 0 Å². The van der Waals surface area contributed by atoms with Crippen LogP contribution in [-0.2, 0) is 4.79 Å². The molecule has 4 saturated carbocycles. The summed E-state index contributed by atoms with van der Waals surface area (Å²) in [5.41, 5.74) is -0.326. The summed E-state index contributed by atoms with van der Waals surface area (Å²) in [6.45, 7) is 7.95. The van der Waals surface area contributed by atoms with Gasteiger partial charge in [-0.25, -0.2) is 9.97 Å². The molecule has 3 heterocycles. The number of benzene rings is 1. The van der Waals surface area contributed by atoms with Crippen molar-refractivity contribution in [1.29, 1.82) is 0 Å². The van der Waals surface area contributed by atoms with Gasteiger partial charge in [-0.3, -0.25) is 14.5 Å². The number of hydrogen-bond acceptors (Lipinski definition) is 7. The van der Waals surface area contributed by atoms with Crippen LogP contribution in [0.15, 0.2) is 30.5 Å². The minimum Gasteiger partial charge on any atom is -0.391 e. The zero-order valence-corrected chi connectivity index (χ0v) is 28.6. The molecule has 1 aromatic carbocycles. The van der Waals surface area contributed by atoms with Crippen LogP contribution in [0.2, 0.25) is 0 Å². The second-order valence-electron chi connectivity index (χ2n) is 16.5. The third kappa shape index (κ3) is 4.84. The molecule has 0 bridgehead atoms. The maximum Gasteiger partial charge on any atom is 0.292 e. The lowest BCUT2D eigenvalue weighted by Gasteiger charge is -2.63. The molecule has 9 heteroatoms. The summed E-state index contributed by atoms with van der Waals surface area (Å²) in [5, 5.41) is 23.8. The molecule has 1 unspecified atom stereocenters. The Bertz CT molecular complexity index is 1640. The second kappa shape index (κ2) is 11.8. The molecule has 8 rings (SSSR count). The van der Waals surface area contributed by atoms with E-state index in [0.29, 0.717) is 56.1 Å². The van der Waals surface area contributed by atoms with Gasteiger partial charge in [0, 0.05) is 55.8 Å². The average Bonchev–Trinajstić information content (AvgIpc) is 3.70. The molecule has 0 spiro atoms. The number of likely N-dealkylation sites (tertiary alicyclic amines) is 1. The van der Waals surface area contributed by atoms with Crippen LogP contribution >= 0.6 is 0 Å². The maximum atomic E-state index is 13.9. The third-order valence-corrected chi connectivity index (χ3v) is 14.6. The Balaban J connectivity index is 0.925. The average molecular weight is 654 g/mol. The number of terminal acetylenes is 1. The number of carbonyl (C=O) groups excluding carboxylic acids is 2. The molecule has 6 aliphatic rings. The van der Waals surface area contributed by atoms with Gasteiger partial charge in [-0.2, -0.15) is 0 Å². The van der Waals surface area contributed by atoms with Gasteiger partial charge in [0.15, 0.2) is 0 Å². The molecular weight excluding hydrogens is 602 g/mol. The fourth-order valence-electron chi connectivity index (χ4n) is 11.9. The van der Waals surface area contributed by atoms with Gasteiger partial charge < -0.3 is 20.0 Å². The van der Waals surface area contributed by atoms with E-state index in [9.17, 15) is 19.8 Å². The highest BCUT2D eigenvalue weighted by Gasteiger charge is 2.65. The van der Waals surface area contributed by atoms with Crippen molar-refractivity contribution in [2.24, 2.45) is 34.5 Å². The molecule has 2 N–H and O–H groups in total. The smallest absolute Gasteiger partial charge is 0.292 e. The summed E-state index contributed by atoms with van der Waals surface area (Å²) in [6, 6.07) is 7.20. The number of fused-ring (bicyclic) bond motifs is 6. The molecule has 48 heavy (non-hydrogen) atoms. The van der Waals surface area contributed by atoms with Crippen molar-refractivity contribution in [3.63, 3.8) is 0 Å². The molecule has 4 aliphatic carbocycles. The highest BCUT2D eigenvalue weighted by Crippen LogP contribution is 2.68. The molecule has 9 nitrogen and oxygen atoms in total. The van der Waals surface area contributed by atoms with Crippen molar-refractivity contribution < 1.29 is 19.8 Å². The van der Waals surface area contributed by atoms with Crippen LogP contribution in [-0.4, -0.2) is 103 Å². The van der Waals surface area contributed by atoms with Crippen molar-refractivity contribution >= 4 is 22.7 Å². The van der Waals surface area contributed by atoms with E-state index in [2.05, 4.69) is 34.6 Å². The van der Waals surface area contributed by atoms with Crippen LogP contribution < -0.4 is 0 Å². The van der Waals surface area contributed by atoms with E-state index in [4.69, 9.17) is 6.42 Å². The normalized spacial score (nSPS) is 41.4. The summed E-state index contributed by atoms with van der Waals surface area (Å²) < 4.78 is 0.